The van der Waals surface area contributed by atoms with Crippen LogP contribution in [0, 0.1) is 6.92 Å². The molecule has 0 saturated heterocycles. The smallest absolute Gasteiger partial charge is 0.441 e. The van der Waals surface area contributed by atoms with Crippen molar-refractivity contribution >= 4 is 11.8 Å². The van der Waals surface area contributed by atoms with Crippen molar-refractivity contribution in [3.8, 4) is 5.75 Å². The summed E-state index contributed by atoms with van der Waals surface area (Å²) < 4.78 is 41.3. The second-order valence-electron chi connectivity index (χ2n) is 4.45. The third-order valence-corrected chi connectivity index (χ3v) is 3.51. The SMILES string of the molecule is CCNC(C)c1ccc(OCCSC(F)(F)F)c(C)c1. The summed E-state index contributed by atoms with van der Waals surface area (Å²) in [7, 11) is 0. The van der Waals surface area contributed by atoms with Crippen LogP contribution in [0.4, 0.5) is 13.2 Å². The summed E-state index contributed by atoms with van der Waals surface area (Å²) in [6.45, 7) is 6.94. The van der Waals surface area contributed by atoms with Gasteiger partial charge in [-0.05, 0) is 49.3 Å². The highest BCUT2D eigenvalue weighted by Crippen LogP contribution is 2.30. The molecule has 1 rings (SSSR count). The third kappa shape index (κ3) is 6.05. The molecular weight excluding hydrogens is 287 g/mol. The molecule has 0 fully saturated rings. The van der Waals surface area contributed by atoms with Crippen molar-refractivity contribution in [2.45, 2.75) is 32.3 Å². The van der Waals surface area contributed by atoms with Gasteiger partial charge in [-0.3, -0.25) is 0 Å². The average Bonchev–Trinajstić information content (AvgIpc) is 2.35. The summed E-state index contributed by atoms with van der Waals surface area (Å²) in [4.78, 5) is 0. The summed E-state index contributed by atoms with van der Waals surface area (Å²) in [5.41, 5.74) is -2.12. The molecule has 0 bridgehead atoms. The predicted molar refractivity (Wildman–Crippen MR) is 77.3 cm³/mol. The normalized spacial score (nSPS) is 13.3. The van der Waals surface area contributed by atoms with E-state index in [4.69, 9.17) is 4.74 Å². The lowest BCUT2D eigenvalue weighted by molar-refractivity contribution is -0.0329. The third-order valence-electron chi connectivity index (χ3n) is 2.82. The number of benzene rings is 1. The van der Waals surface area contributed by atoms with Crippen LogP contribution < -0.4 is 10.1 Å². The fraction of sp³-hybridized carbons (Fsp3) is 0.571. The molecule has 1 unspecified atom stereocenters. The van der Waals surface area contributed by atoms with Gasteiger partial charge in [0.1, 0.15) is 5.75 Å². The fourth-order valence-corrected chi connectivity index (χ4v) is 2.24. The quantitative estimate of drug-likeness (QED) is 0.759. The van der Waals surface area contributed by atoms with Crippen LogP contribution in [-0.4, -0.2) is 24.4 Å². The Labute approximate surface area is 122 Å². The molecule has 0 amide bonds. The molecule has 20 heavy (non-hydrogen) atoms. The van der Waals surface area contributed by atoms with Crippen molar-refractivity contribution in [2.24, 2.45) is 0 Å². The standard InChI is InChI=1S/C14H20F3NOS/c1-4-18-11(3)12-5-6-13(10(2)9-12)19-7-8-20-14(15,16)17/h5-6,9,11,18H,4,7-8H2,1-3H3. The molecule has 0 aromatic heterocycles. The van der Waals surface area contributed by atoms with E-state index in [0.717, 1.165) is 17.7 Å². The molecule has 1 aromatic carbocycles. The van der Waals surface area contributed by atoms with E-state index in [1.165, 1.54) is 0 Å². The average molecular weight is 307 g/mol. The predicted octanol–water partition coefficient (Wildman–Crippen LogP) is 4.30. The first-order chi connectivity index (χ1) is 9.33. The number of ether oxygens (including phenoxy) is 1. The Morgan fingerprint density at radius 1 is 1.35 bits per heavy atom. The van der Waals surface area contributed by atoms with Gasteiger partial charge in [-0.15, -0.1) is 0 Å². The van der Waals surface area contributed by atoms with E-state index < -0.39 is 5.51 Å². The lowest BCUT2D eigenvalue weighted by atomic mass is 10.1. The molecule has 114 valence electrons. The summed E-state index contributed by atoms with van der Waals surface area (Å²) in [5.74, 6) is 0.540. The lowest BCUT2D eigenvalue weighted by Crippen LogP contribution is -2.17. The number of aryl methyl sites for hydroxylation is 1. The maximum absolute atomic E-state index is 12.0. The molecule has 1 atom stereocenters. The number of hydrogen-bond acceptors (Lipinski definition) is 3. The van der Waals surface area contributed by atoms with Gasteiger partial charge in [0.05, 0.1) is 6.61 Å². The van der Waals surface area contributed by atoms with E-state index in [2.05, 4.69) is 12.2 Å². The van der Waals surface area contributed by atoms with Gasteiger partial charge < -0.3 is 10.1 Å². The van der Waals surface area contributed by atoms with Gasteiger partial charge in [-0.1, -0.05) is 19.1 Å². The van der Waals surface area contributed by atoms with E-state index in [-0.39, 0.29) is 30.2 Å². The Bertz CT molecular complexity index is 423. The second kappa shape index (κ2) is 7.78. The van der Waals surface area contributed by atoms with E-state index in [1.807, 2.05) is 32.0 Å². The molecular formula is C14H20F3NOS. The second-order valence-corrected chi connectivity index (χ2v) is 5.61. The van der Waals surface area contributed by atoms with Crippen LogP contribution in [0.15, 0.2) is 18.2 Å². The molecule has 0 aliphatic rings. The monoisotopic (exact) mass is 307 g/mol. The number of hydrogen-bond donors (Lipinski definition) is 1. The fourth-order valence-electron chi connectivity index (χ4n) is 1.84. The van der Waals surface area contributed by atoms with E-state index in [9.17, 15) is 13.2 Å². The minimum atomic E-state index is -4.19. The molecule has 0 spiro atoms. The molecule has 2 nitrogen and oxygen atoms in total. The zero-order valence-electron chi connectivity index (χ0n) is 11.9. The Hall–Kier alpha value is -0.880. The van der Waals surface area contributed by atoms with Crippen molar-refractivity contribution in [3.63, 3.8) is 0 Å². The zero-order valence-corrected chi connectivity index (χ0v) is 12.7. The van der Waals surface area contributed by atoms with Crippen LogP contribution in [0.1, 0.15) is 31.0 Å². The largest absolute Gasteiger partial charge is 0.492 e. The van der Waals surface area contributed by atoms with Crippen molar-refractivity contribution in [2.75, 3.05) is 18.9 Å². The minimum absolute atomic E-state index is 0.0487. The van der Waals surface area contributed by atoms with Crippen LogP contribution in [0.3, 0.4) is 0 Å². The molecule has 1 aromatic rings. The molecule has 0 radical (unpaired) electrons. The maximum atomic E-state index is 12.0. The van der Waals surface area contributed by atoms with Crippen LogP contribution >= 0.6 is 11.8 Å². The Morgan fingerprint density at radius 2 is 2.05 bits per heavy atom. The van der Waals surface area contributed by atoms with E-state index >= 15 is 0 Å². The van der Waals surface area contributed by atoms with Crippen molar-refractivity contribution in [1.29, 1.82) is 0 Å². The van der Waals surface area contributed by atoms with Crippen LogP contribution in [0.2, 0.25) is 0 Å². The van der Waals surface area contributed by atoms with Gasteiger partial charge in [0.25, 0.3) is 0 Å². The highest BCUT2D eigenvalue weighted by atomic mass is 32.2. The Balaban J connectivity index is 2.52. The summed E-state index contributed by atoms with van der Waals surface area (Å²) in [5, 5.41) is 3.31. The Kier molecular flexibility index (Phi) is 6.68. The summed E-state index contributed by atoms with van der Waals surface area (Å²) in [6.07, 6.45) is 0. The van der Waals surface area contributed by atoms with Crippen molar-refractivity contribution < 1.29 is 17.9 Å². The molecule has 1 N–H and O–H groups in total. The summed E-state index contributed by atoms with van der Waals surface area (Å²) >= 11 is -0.0617. The lowest BCUT2D eigenvalue weighted by Gasteiger charge is -2.15. The number of halogens is 3. The highest BCUT2D eigenvalue weighted by molar-refractivity contribution is 8.00. The van der Waals surface area contributed by atoms with Gasteiger partial charge in [-0.2, -0.15) is 13.2 Å². The molecule has 0 saturated carbocycles. The van der Waals surface area contributed by atoms with Gasteiger partial charge in [0.15, 0.2) is 0 Å². The topological polar surface area (TPSA) is 21.3 Å². The number of alkyl halides is 3. The van der Waals surface area contributed by atoms with Gasteiger partial charge >= 0.3 is 5.51 Å². The minimum Gasteiger partial charge on any atom is -0.492 e. The summed E-state index contributed by atoms with van der Waals surface area (Å²) in [6, 6.07) is 6.00. The molecule has 0 aliphatic heterocycles. The van der Waals surface area contributed by atoms with Crippen molar-refractivity contribution in [3.05, 3.63) is 29.3 Å². The van der Waals surface area contributed by atoms with Gasteiger partial charge in [-0.25, -0.2) is 0 Å². The van der Waals surface area contributed by atoms with Crippen LogP contribution in [-0.2, 0) is 0 Å². The zero-order chi connectivity index (χ0) is 15.2. The number of rotatable bonds is 7. The van der Waals surface area contributed by atoms with E-state index in [1.54, 1.807) is 0 Å². The molecule has 0 aliphatic carbocycles. The van der Waals surface area contributed by atoms with Gasteiger partial charge in [0.2, 0.25) is 0 Å². The van der Waals surface area contributed by atoms with Crippen LogP contribution in [0.5, 0.6) is 5.75 Å². The number of thioether (sulfide) groups is 1. The first-order valence-electron chi connectivity index (χ1n) is 6.51. The van der Waals surface area contributed by atoms with Gasteiger partial charge in [0, 0.05) is 11.8 Å². The number of nitrogens with one attached hydrogen (secondary N) is 1. The maximum Gasteiger partial charge on any atom is 0.441 e. The first-order valence-corrected chi connectivity index (χ1v) is 7.49. The molecule has 0 heterocycles. The highest BCUT2D eigenvalue weighted by Gasteiger charge is 2.27. The van der Waals surface area contributed by atoms with E-state index in [0.29, 0.717) is 5.75 Å². The Morgan fingerprint density at radius 3 is 2.60 bits per heavy atom. The van der Waals surface area contributed by atoms with Crippen molar-refractivity contribution in [1.82, 2.24) is 5.32 Å². The molecule has 6 heteroatoms. The first kappa shape index (κ1) is 17.2. The van der Waals surface area contributed by atoms with Crippen LogP contribution in [0.25, 0.3) is 0 Å².